The molecule has 2 rings (SSSR count). The molecule has 0 saturated carbocycles. The molecule has 4 heteroatoms. The Kier molecular flexibility index (Phi) is 3.84. The second-order valence-corrected chi connectivity index (χ2v) is 5.86. The van der Waals surface area contributed by atoms with E-state index in [2.05, 4.69) is 17.2 Å². The standard InChI is InChI=1S/C10H16N2S2/c1-2-9-5-12-10(14-9)6-11-8-3-4-13-7-8/h5,8,11H,2-4,6-7H2,1H3. The molecule has 2 nitrogen and oxygen atoms in total. The molecule has 1 aliphatic heterocycles. The van der Waals surface area contributed by atoms with E-state index in [0.29, 0.717) is 6.04 Å². The lowest BCUT2D eigenvalue weighted by atomic mass is 10.3. The van der Waals surface area contributed by atoms with Gasteiger partial charge >= 0.3 is 0 Å². The molecule has 1 atom stereocenters. The summed E-state index contributed by atoms with van der Waals surface area (Å²) in [5, 5.41) is 4.80. The van der Waals surface area contributed by atoms with Crippen molar-refractivity contribution in [2.45, 2.75) is 32.4 Å². The fourth-order valence-electron chi connectivity index (χ4n) is 1.52. The van der Waals surface area contributed by atoms with Gasteiger partial charge in [0.2, 0.25) is 0 Å². The molecule has 1 unspecified atom stereocenters. The van der Waals surface area contributed by atoms with Gasteiger partial charge in [-0.3, -0.25) is 0 Å². The fourth-order valence-corrected chi connectivity index (χ4v) is 3.52. The molecule has 0 radical (unpaired) electrons. The van der Waals surface area contributed by atoms with Gasteiger partial charge in [0.1, 0.15) is 5.01 Å². The molecule has 1 saturated heterocycles. The average molecular weight is 228 g/mol. The van der Waals surface area contributed by atoms with Crippen molar-refractivity contribution in [1.29, 1.82) is 0 Å². The van der Waals surface area contributed by atoms with Gasteiger partial charge < -0.3 is 5.32 Å². The Bertz CT molecular complexity index is 279. The summed E-state index contributed by atoms with van der Waals surface area (Å²) in [6.45, 7) is 3.13. The van der Waals surface area contributed by atoms with Crippen molar-refractivity contribution in [1.82, 2.24) is 10.3 Å². The molecular formula is C10H16N2S2. The van der Waals surface area contributed by atoms with E-state index in [-0.39, 0.29) is 0 Å². The summed E-state index contributed by atoms with van der Waals surface area (Å²) in [4.78, 5) is 5.79. The number of rotatable bonds is 4. The van der Waals surface area contributed by atoms with Crippen LogP contribution in [0.4, 0.5) is 0 Å². The molecule has 1 aromatic heterocycles. The highest BCUT2D eigenvalue weighted by molar-refractivity contribution is 7.99. The minimum Gasteiger partial charge on any atom is -0.307 e. The van der Waals surface area contributed by atoms with Crippen molar-refractivity contribution in [3.05, 3.63) is 16.1 Å². The lowest BCUT2D eigenvalue weighted by Gasteiger charge is -2.08. The third-order valence-corrected chi connectivity index (χ3v) is 4.73. The first-order chi connectivity index (χ1) is 6.88. The number of aromatic nitrogens is 1. The van der Waals surface area contributed by atoms with Gasteiger partial charge in [0.15, 0.2) is 0 Å². The SMILES string of the molecule is CCc1cnc(CNC2CCSC2)s1. The van der Waals surface area contributed by atoms with Crippen molar-refractivity contribution in [3.63, 3.8) is 0 Å². The van der Waals surface area contributed by atoms with Crippen LogP contribution in [0.3, 0.4) is 0 Å². The summed E-state index contributed by atoms with van der Waals surface area (Å²) < 4.78 is 0. The van der Waals surface area contributed by atoms with E-state index < -0.39 is 0 Å². The first-order valence-electron chi connectivity index (χ1n) is 5.13. The first kappa shape index (κ1) is 10.5. The second-order valence-electron chi connectivity index (χ2n) is 3.52. The smallest absolute Gasteiger partial charge is 0.107 e. The van der Waals surface area contributed by atoms with E-state index >= 15 is 0 Å². The van der Waals surface area contributed by atoms with E-state index in [1.165, 1.54) is 27.8 Å². The Morgan fingerprint density at radius 1 is 1.64 bits per heavy atom. The zero-order valence-corrected chi connectivity index (χ0v) is 10.1. The monoisotopic (exact) mass is 228 g/mol. The molecular weight excluding hydrogens is 212 g/mol. The van der Waals surface area contributed by atoms with Crippen LogP contribution in [0.2, 0.25) is 0 Å². The van der Waals surface area contributed by atoms with E-state index in [1.807, 2.05) is 29.3 Å². The van der Waals surface area contributed by atoms with E-state index in [0.717, 1.165) is 13.0 Å². The molecule has 1 aliphatic rings. The maximum absolute atomic E-state index is 4.40. The number of hydrogen-bond donors (Lipinski definition) is 1. The maximum atomic E-state index is 4.40. The Hall–Kier alpha value is -0.0600. The van der Waals surface area contributed by atoms with Gasteiger partial charge in [0.25, 0.3) is 0 Å². The largest absolute Gasteiger partial charge is 0.307 e. The van der Waals surface area contributed by atoms with Gasteiger partial charge in [-0.25, -0.2) is 4.98 Å². The summed E-state index contributed by atoms with van der Waals surface area (Å²) in [6, 6.07) is 0.717. The molecule has 1 aromatic rings. The number of nitrogens with one attached hydrogen (secondary N) is 1. The third-order valence-electron chi connectivity index (χ3n) is 2.42. The second kappa shape index (κ2) is 5.14. The van der Waals surface area contributed by atoms with Gasteiger partial charge in [0.05, 0.1) is 0 Å². The van der Waals surface area contributed by atoms with Crippen LogP contribution in [0, 0.1) is 0 Å². The Labute approximate surface area is 93.5 Å². The van der Waals surface area contributed by atoms with Crippen LogP contribution in [0.25, 0.3) is 0 Å². The zero-order valence-electron chi connectivity index (χ0n) is 8.45. The zero-order chi connectivity index (χ0) is 9.80. The molecule has 78 valence electrons. The fraction of sp³-hybridized carbons (Fsp3) is 0.700. The van der Waals surface area contributed by atoms with Crippen molar-refractivity contribution in [2.24, 2.45) is 0 Å². The van der Waals surface area contributed by atoms with Gasteiger partial charge in [-0.15, -0.1) is 11.3 Å². The normalized spacial score (nSPS) is 21.6. The van der Waals surface area contributed by atoms with Crippen molar-refractivity contribution >= 4 is 23.1 Å². The third kappa shape index (κ3) is 2.72. The quantitative estimate of drug-likeness (QED) is 0.856. The molecule has 2 heterocycles. The maximum Gasteiger partial charge on any atom is 0.107 e. The van der Waals surface area contributed by atoms with Crippen molar-refractivity contribution in [2.75, 3.05) is 11.5 Å². The van der Waals surface area contributed by atoms with Crippen molar-refractivity contribution in [3.8, 4) is 0 Å². The number of nitrogens with zero attached hydrogens (tertiary/aromatic N) is 1. The highest BCUT2D eigenvalue weighted by Gasteiger charge is 2.14. The van der Waals surface area contributed by atoms with Gasteiger partial charge in [-0.05, 0) is 18.6 Å². The Balaban J connectivity index is 1.79. The molecule has 1 N–H and O–H groups in total. The number of thiazole rings is 1. The average Bonchev–Trinajstić information content (AvgIpc) is 2.86. The van der Waals surface area contributed by atoms with Gasteiger partial charge in [-0.2, -0.15) is 11.8 Å². The number of aryl methyl sites for hydroxylation is 1. The molecule has 0 aliphatic carbocycles. The van der Waals surface area contributed by atoms with Crippen LogP contribution in [-0.4, -0.2) is 22.5 Å². The lowest BCUT2D eigenvalue weighted by Crippen LogP contribution is -2.27. The number of hydrogen-bond acceptors (Lipinski definition) is 4. The van der Waals surface area contributed by atoms with Crippen LogP contribution >= 0.6 is 23.1 Å². The summed E-state index contributed by atoms with van der Waals surface area (Å²) >= 11 is 3.88. The van der Waals surface area contributed by atoms with Gasteiger partial charge in [0, 0.05) is 29.4 Å². The van der Waals surface area contributed by atoms with Crippen LogP contribution in [-0.2, 0) is 13.0 Å². The topological polar surface area (TPSA) is 24.9 Å². The van der Waals surface area contributed by atoms with E-state index in [1.54, 1.807) is 0 Å². The molecule has 0 bridgehead atoms. The molecule has 1 fully saturated rings. The van der Waals surface area contributed by atoms with Crippen LogP contribution in [0.5, 0.6) is 0 Å². The molecule has 0 aromatic carbocycles. The molecule has 0 spiro atoms. The first-order valence-corrected chi connectivity index (χ1v) is 7.10. The van der Waals surface area contributed by atoms with Crippen molar-refractivity contribution < 1.29 is 0 Å². The summed E-state index contributed by atoms with van der Waals surface area (Å²) in [5.74, 6) is 2.59. The highest BCUT2D eigenvalue weighted by Crippen LogP contribution is 2.18. The Morgan fingerprint density at radius 3 is 3.21 bits per heavy atom. The highest BCUT2D eigenvalue weighted by atomic mass is 32.2. The number of thioether (sulfide) groups is 1. The molecule has 0 amide bonds. The van der Waals surface area contributed by atoms with Crippen LogP contribution < -0.4 is 5.32 Å². The van der Waals surface area contributed by atoms with E-state index in [4.69, 9.17) is 0 Å². The van der Waals surface area contributed by atoms with E-state index in [9.17, 15) is 0 Å². The summed E-state index contributed by atoms with van der Waals surface area (Å²) in [6.07, 6.45) is 4.43. The predicted octanol–water partition coefficient (Wildman–Crippen LogP) is 2.30. The predicted molar refractivity (Wildman–Crippen MR) is 64.1 cm³/mol. The minimum absolute atomic E-state index is 0.717. The van der Waals surface area contributed by atoms with Crippen LogP contribution in [0.15, 0.2) is 6.20 Å². The summed E-state index contributed by atoms with van der Waals surface area (Å²) in [5.41, 5.74) is 0. The van der Waals surface area contributed by atoms with Gasteiger partial charge in [-0.1, -0.05) is 6.92 Å². The van der Waals surface area contributed by atoms with Crippen LogP contribution in [0.1, 0.15) is 23.2 Å². The molecule has 14 heavy (non-hydrogen) atoms. The summed E-state index contributed by atoms with van der Waals surface area (Å²) in [7, 11) is 0. The Morgan fingerprint density at radius 2 is 2.57 bits per heavy atom. The lowest BCUT2D eigenvalue weighted by molar-refractivity contribution is 0.557. The minimum atomic E-state index is 0.717.